The number of carbonyl (C=O) groups is 3. The van der Waals surface area contributed by atoms with Crippen LogP contribution in [0.25, 0.3) is 6.08 Å². The monoisotopic (exact) mass is 708 g/mol. The molecular formula is C27H22BrIN2O6S. The molecule has 3 aromatic rings. The van der Waals surface area contributed by atoms with Gasteiger partial charge in [0, 0.05) is 10.2 Å². The number of nitrogens with zero attached hydrogens (tertiary/aromatic N) is 1. The van der Waals surface area contributed by atoms with E-state index in [1.807, 2.05) is 30.3 Å². The minimum Gasteiger partial charge on any atom is -0.497 e. The Morgan fingerprint density at radius 2 is 1.76 bits per heavy atom. The lowest BCUT2D eigenvalue weighted by Gasteiger charge is -2.14. The second-order valence-electron chi connectivity index (χ2n) is 7.99. The Labute approximate surface area is 246 Å². The Balaban J connectivity index is 1.44. The SMILES string of the molecule is COc1ccc(NC(=O)CN2C(=O)S/C(=C/c3cc(I)c(OCc4ccc(Br)cc4)c(OC)c3)C2=O)cc1. The molecule has 0 atom stereocenters. The van der Waals surface area contributed by atoms with E-state index >= 15 is 0 Å². The molecule has 1 fully saturated rings. The zero-order valence-electron chi connectivity index (χ0n) is 20.3. The zero-order valence-corrected chi connectivity index (χ0v) is 24.9. The van der Waals surface area contributed by atoms with Crippen LogP contribution in [0.1, 0.15) is 11.1 Å². The van der Waals surface area contributed by atoms with Crippen molar-refractivity contribution in [1.29, 1.82) is 0 Å². The molecule has 1 aliphatic rings. The van der Waals surface area contributed by atoms with Crippen molar-refractivity contribution in [2.45, 2.75) is 6.61 Å². The number of rotatable bonds is 9. The van der Waals surface area contributed by atoms with Crippen molar-refractivity contribution < 1.29 is 28.6 Å². The van der Waals surface area contributed by atoms with Crippen LogP contribution in [-0.2, 0) is 16.2 Å². The predicted octanol–water partition coefficient (Wildman–Crippen LogP) is 6.32. The second kappa shape index (κ2) is 12.7. The lowest BCUT2D eigenvalue weighted by Crippen LogP contribution is -2.36. The topological polar surface area (TPSA) is 94.2 Å². The highest BCUT2D eigenvalue weighted by molar-refractivity contribution is 14.1. The Morgan fingerprint density at radius 3 is 2.42 bits per heavy atom. The number of thioether (sulfide) groups is 1. The van der Waals surface area contributed by atoms with Crippen molar-refractivity contribution in [1.82, 2.24) is 4.90 Å². The van der Waals surface area contributed by atoms with Gasteiger partial charge < -0.3 is 19.5 Å². The number of imide groups is 1. The summed E-state index contributed by atoms with van der Waals surface area (Å²) in [7, 11) is 3.09. The number of amides is 3. The van der Waals surface area contributed by atoms with Crippen LogP contribution in [0.2, 0.25) is 0 Å². The van der Waals surface area contributed by atoms with Crippen LogP contribution in [0.15, 0.2) is 70.0 Å². The average molecular weight is 709 g/mol. The maximum absolute atomic E-state index is 12.9. The number of hydrogen-bond donors (Lipinski definition) is 1. The van der Waals surface area contributed by atoms with Gasteiger partial charge in [0.05, 0.1) is 22.7 Å². The molecule has 0 saturated carbocycles. The van der Waals surface area contributed by atoms with E-state index in [0.29, 0.717) is 35.1 Å². The molecule has 0 radical (unpaired) electrons. The van der Waals surface area contributed by atoms with Gasteiger partial charge in [0.1, 0.15) is 18.9 Å². The van der Waals surface area contributed by atoms with Gasteiger partial charge in [-0.05, 0) is 100 Å². The maximum atomic E-state index is 12.9. The molecule has 0 spiro atoms. The first-order valence-corrected chi connectivity index (χ1v) is 13.9. The second-order valence-corrected chi connectivity index (χ2v) is 11.1. The van der Waals surface area contributed by atoms with Crippen LogP contribution in [0, 0.1) is 3.57 Å². The van der Waals surface area contributed by atoms with Gasteiger partial charge in [-0.15, -0.1) is 0 Å². The van der Waals surface area contributed by atoms with E-state index in [2.05, 4.69) is 43.8 Å². The molecule has 1 heterocycles. The summed E-state index contributed by atoms with van der Waals surface area (Å²) in [6.45, 7) is -0.0335. The lowest BCUT2D eigenvalue weighted by molar-refractivity contribution is -0.127. The van der Waals surface area contributed by atoms with Crippen LogP contribution in [0.5, 0.6) is 17.2 Å². The molecule has 0 unspecified atom stereocenters. The van der Waals surface area contributed by atoms with Gasteiger partial charge in [-0.25, -0.2) is 0 Å². The highest BCUT2D eigenvalue weighted by atomic mass is 127. The summed E-state index contributed by atoms with van der Waals surface area (Å²) in [4.78, 5) is 39.1. The number of hydrogen-bond acceptors (Lipinski definition) is 7. The lowest BCUT2D eigenvalue weighted by atomic mass is 10.1. The van der Waals surface area contributed by atoms with E-state index in [1.165, 1.54) is 7.11 Å². The highest BCUT2D eigenvalue weighted by Crippen LogP contribution is 2.37. The Morgan fingerprint density at radius 1 is 1.05 bits per heavy atom. The van der Waals surface area contributed by atoms with Crippen LogP contribution in [-0.4, -0.2) is 42.7 Å². The number of halogens is 2. The summed E-state index contributed by atoms with van der Waals surface area (Å²) in [6, 6.07) is 18.1. The van der Waals surface area contributed by atoms with Crippen molar-refractivity contribution >= 4 is 79.1 Å². The third-order valence-corrected chi connectivity index (χ3v) is 7.63. The minimum absolute atomic E-state index is 0.216. The summed E-state index contributed by atoms with van der Waals surface area (Å²) < 4.78 is 18.4. The first-order valence-electron chi connectivity index (χ1n) is 11.2. The van der Waals surface area contributed by atoms with Gasteiger partial charge in [0.2, 0.25) is 5.91 Å². The van der Waals surface area contributed by atoms with E-state index in [9.17, 15) is 14.4 Å². The van der Waals surface area contributed by atoms with Crippen molar-refractivity contribution in [2.24, 2.45) is 0 Å². The van der Waals surface area contributed by atoms with Crippen molar-refractivity contribution in [3.8, 4) is 17.2 Å². The number of benzene rings is 3. The van der Waals surface area contributed by atoms with Gasteiger partial charge >= 0.3 is 0 Å². The van der Waals surface area contributed by atoms with Crippen molar-refractivity contribution in [3.05, 3.63) is 84.7 Å². The molecule has 0 aliphatic carbocycles. The van der Waals surface area contributed by atoms with E-state index in [1.54, 1.807) is 43.5 Å². The molecule has 11 heteroatoms. The van der Waals surface area contributed by atoms with E-state index in [4.69, 9.17) is 14.2 Å². The quantitative estimate of drug-likeness (QED) is 0.205. The van der Waals surface area contributed by atoms with E-state index in [0.717, 1.165) is 30.3 Å². The standard InChI is InChI=1S/C27H22BrIN2O6S/c1-35-20-9-7-19(8-10-20)30-24(32)14-31-26(33)23(38-27(31)34)13-17-11-21(29)25(22(12-17)36-2)37-15-16-3-5-18(28)6-4-16/h3-13H,14-15H2,1-2H3,(H,30,32)/b23-13+. The third kappa shape index (κ3) is 6.88. The molecule has 1 N–H and O–H groups in total. The largest absolute Gasteiger partial charge is 0.497 e. The summed E-state index contributed by atoms with van der Waals surface area (Å²) in [5.41, 5.74) is 2.19. The fraction of sp³-hybridized carbons (Fsp3) is 0.148. The number of anilines is 1. The summed E-state index contributed by atoms with van der Waals surface area (Å²) in [5, 5.41) is 2.17. The minimum atomic E-state index is -0.533. The molecule has 1 saturated heterocycles. The molecule has 38 heavy (non-hydrogen) atoms. The number of ether oxygens (including phenoxy) is 3. The zero-order chi connectivity index (χ0) is 27.2. The fourth-order valence-corrected chi connectivity index (χ4v) is 5.39. The van der Waals surface area contributed by atoms with Gasteiger partial charge in [0.25, 0.3) is 11.1 Å². The fourth-order valence-electron chi connectivity index (χ4n) is 3.51. The molecule has 196 valence electrons. The smallest absolute Gasteiger partial charge is 0.294 e. The van der Waals surface area contributed by atoms with Gasteiger partial charge in [-0.2, -0.15) is 0 Å². The van der Waals surface area contributed by atoms with Crippen LogP contribution >= 0.6 is 50.3 Å². The Bertz CT molecular complexity index is 1400. The molecule has 0 bridgehead atoms. The molecule has 0 aromatic heterocycles. The summed E-state index contributed by atoms with van der Waals surface area (Å²) in [5.74, 6) is 0.709. The Kier molecular flexibility index (Phi) is 9.34. The number of nitrogens with one attached hydrogen (secondary N) is 1. The maximum Gasteiger partial charge on any atom is 0.294 e. The molecule has 1 aliphatic heterocycles. The number of carbonyl (C=O) groups excluding carboxylic acids is 3. The van der Waals surface area contributed by atoms with Gasteiger partial charge in [0.15, 0.2) is 11.5 Å². The summed E-state index contributed by atoms with van der Waals surface area (Å²) in [6.07, 6.45) is 1.61. The van der Waals surface area contributed by atoms with Gasteiger partial charge in [-0.3, -0.25) is 19.3 Å². The molecule has 3 aromatic carbocycles. The normalized spacial score (nSPS) is 14.1. The predicted molar refractivity (Wildman–Crippen MR) is 158 cm³/mol. The molecule has 4 rings (SSSR count). The molecule has 3 amide bonds. The molecular weight excluding hydrogens is 687 g/mol. The van der Waals surface area contributed by atoms with Crippen LogP contribution in [0.4, 0.5) is 10.5 Å². The van der Waals surface area contributed by atoms with Crippen LogP contribution < -0.4 is 19.5 Å². The molecule has 8 nitrogen and oxygen atoms in total. The third-order valence-electron chi connectivity index (χ3n) is 5.40. The van der Waals surface area contributed by atoms with E-state index < -0.39 is 23.6 Å². The van der Waals surface area contributed by atoms with E-state index in [-0.39, 0.29) is 4.91 Å². The first kappa shape index (κ1) is 28.0. The van der Waals surface area contributed by atoms with Crippen molar-refractivity contribution in [3.63, 3.8) is 0 Å². The average Bonchev–Trinajstić information content (AvgIpc) is 3.16. The van der Waals surface area contributed by atoms with Crippen LogP contribution in [0.3, 0.4) is 0 Å². The summed E-state index contributed by atoms with van der Waals surface area (Å²) >= 11 is 6.35. The van der Waals surface area contributed by atoms with Crippen molar-refractivity contribution in [2.75, 3.05) is 26.1 Å². The Hall–Kier alpha value is -3.03. The first-order chi connectivity index (χ1) is 18.3. The highest BCUT2D eigenvalue weighted by Gasteiger charge is 2.36. The number of methoxy groups -OCH3 is 2. The van der Waals surface area contributed by atoms with Gasteiger partial charge in [-0.1, -0.05) is 28.1 Å².